The van der Waals surface area contributed by atoms with Gasteiger partial charge in [-0.3, -0.25) is 5.10 Å². The van der Waals surface area contributed by atoms with Crippen LogP contribution in [0.2, 0.25) is 0 Å². The number of aromatic nitrogens is 4. The minimum atomic E-state index is 0.298. The lowest BCUT2D eigenvalue weighted by atomic mass is 9.83. The number of anilines is 2. The summed E-state index contributed by atoms with van der Waals surface area (Å²) in [5.74, 6) is 1.20. The zero-order valence-corrected chi connectivity index (χ0v) is 10.8. The number of aromatic amines is 1. The number of hydrogen-bond donors (Lipinski definition) is 2. The first-order valence-electron chi connectivity index (χ1n) is 6.27. The average molecular weight is 246 g/mol. The fraction of sp³-hybridized carbons (Fsp3) is 0.583. The Morgan fingerprint density at radius 3 is 2.72 bits per heavy atom. The first kappa shape index (κ1) is 11.3. The lowest BCUT2D eigenvalue weighted by Crippen LogP contribution is -2.38. The quantitative estimate of drug-likeness (QED) is 0.797. The Labute approximate surface area is 106 Å². The van der Waals surface area contributed by atoms with E-state index in [0.717, 1.165) is 37.1 Å². The van der Waals surface area contributed by atoms with Crippen LogP contribution in [-0.4, -0.2) is 33.3 Å². The molecule has 0 aromatic carbocycles. The number of H-pyrrole nitrogens is 1. The highest BCUT2D eigenvalue weighted by Gasteiger charge is 2.27. The number of nitrogens with two attached hydrogens (primary N) is 1. The average Bonchev–Trinajstić information content (AvgIpc) is 2.76. The first-order chi connectivity index (χ1) is 8.55. The Balaban J connectivity index is 1.97. The minimum Gasteiger partial charge on any atom is -0.368 e. The molecular formula is C12H18N6. The van der Waals surface area contributed by atoms with Gasteiger partial charge in [0.15, 0.2) is 5.65 Å². The number of nitrogens with zero attached hydrogens (tertiary/aromatic N) is 4. The van der Waals surface area contributed by atoms with Gasteiger partial charge in [-0.2, -0.15) is 15.1 Å². The summed E-state index contributed by atoms with van der Waals surface area (Å²) in [5, 5.41) is 7.81. The molecule has 6 heteroatoms. The highest BCUT2D eigenvalue weighted by atomic mass is 15.2. The fourth-order valence-electron chi connectivity index (χ4n) is 2.40. The second kappa shape index (κ2) is 3.83. The second-order valence-electron chi connectivity index (χ2n) is 5.69. The molecule has 18 heavy (non-hydrogen) atoms. The van der Waals surface area contributed by atoms with Gasteiger partial charge in [0.25, 0.3) is 0 Å². The van der Waals surface area contributed by atoms with Crippen molar-refractivity contribution < 1.29 is 0 Å². The van der Waals surface area contributed by atoms with Gasteiger partial charge in [0.05, 0.1) is 11.6 Å². The van der Waals surface area contributed by atoms with Crippen molar-refractivity contribution in [1.29, 1.82) is 0 Å². The summed E-state index contributed by atoms with van der Waals surface area (Å²) in [7, 11) is 0. The molecular weight excluding hydrogens is 228 g/mol. The maximum Gasteiger partial charge on any atom is 0.224 e. The lowest BCUT2D eigenvalue weighted by molar-refractivity contribution is 0.279. The van der Waals surface area contributed by atoms with Gasteiger partial charge in [0.2, 0.25) is 5.95 Å². The number of piperidine rings is 1. The highest BCUT2D eigenvalue weighted by molar-refractivity contribution is 5.87. The Morgan fingerprint density at radius 1 is 1.28 bits per heavy atom. The third-order valence-electron chi connectivity index (χ3n) is 3.72. The van der Waals surface area contributed by atoms with Gasteiger partial charge in [0.1, 0.15) is 5.82 Å². The summed E-state index contributed by atoms with van der Waals surface area (Å²) in [6.07, 6.45) is 4.09. The zero-order chi connectivity index (χ0) is 12.8. The van der Waals surface area contributed by atoms with Crippen LogP contribution < -0.4 is 10.6 Å². The summed E-state index contributed by atoms with van der Waals surface area (Å²) in [4.78, 5) is 10.8. The number of nitrogens with one attached hydrogen (secondary N) is 1. The van der Waals surface area contributed by atoms with E-state index in [0.29, 0.717) is 17.0 Å². The van der Waals surface area contributed by atoms with E-state index >= 15 is 0 Å². The zero-order valence-electron chi connectivity index (χ0n) is 10.8. The predicted octanol–water partition coefficient (Wildman–Crippen LogP) is 1.56. The molecule has 3 rings (SSSR count). The first-order valence-corrected chi connectivity index (χ1v) is 6.27. The van der Waals surface area contributed by atoms with Gasteiger partial charge >= 0.3 is 0 Å². The minimum absolute atomic E-state index is 0.298. The van der Waals surface area contributed by atoms with Gasteiger partial charge in [-0.25, -0.2) is 0 Å². The molecule has 0 bridgehead atoms. The van der Waals surface area contributed by atoms with Crippen molar-refractivity contribution in [3.63, 3.8) is 0 Å². The molecule has 6 nitrogen and oxygen atoms in total. The fourth-order valence-corrected chi connectivity index (χ4v) is 2.40. The Hall–Kier alpha value is -1.85. The van der Waals surface area contributed by atoms with Crippen LogP contribution in [0.15, 0.2) is 6.20 Å². The Morgan fingerprint density at radius 2 is 2.00 bits per heavy atom. The van der Waals surface area contributed by atoms with Gasteiger partial charge in [0, 0.05) is 13.1 Å². The van der Waals surface area contributed by atoms with Crippen LogP contribution in [0.1, 0.15) is 26.7 Å². The molecule has 1 fully saturated rings. The number of hydrogen-bond acceptors (Lipinski definition) is 5. The number of rotatable bonds is 1. The summed E-state index contributed by atoms with van der Waals surface area (Å²) in [5.41, 5.74) is 6.88. The summed E-state index contributed by atoms with van der Waals surface area (Å²) in [6.45, 7) is 6.63. The van der Waals surface area contributed by atoms with Crippen LogP contribution in [0.25, 0.3) is 11.0 Å². The Bertz CT molecular complexity index is 563. The van der Waals surface area contributed by atoms with Crippen LogP contribution in [-0.2, 0) is 0 Å². The van der Waals surface area contributed by atoms with Crippen molar-refractivity contribution in [3.8, 4) is 0 Å². The Kier molecular flexibility index (Phi) is 2.39. The van der Waals surface area contributed by atoms with Crippen LogP contribution in [0, 0.1) is 5.41 Å². The predicted molar refractivity (Wildman–Crippen MR) is 71.3 cm³/mol. The highest BCUT2D eigenvalue weighted by Crippen LogP contribution is 2.33. The van der Waals surface area contributed by atoms with Gasteiger partial charge in [-0.15, -0.1) is 0 Å². The molecule has 0 unspecified atom stereocenters. The maximum absolute atomic E-state index is 5.75. The smallest absolute Gasteiger partial charge is 0.224 e. The van der Waals surface area contributed by atoms with E-state index in [1.165, 1.54) is 0 Å². The van der Waals surface area contributed by atoms with Gasteiger partial charge in [-0.05, 0) is 18.3 Å². The molecule has 2 aromatic rings. The normalized spacial score (nSPS) is 19.3. The van der Waals surface area contributed by atoms with Crippen LogP contribution in [0.5, 0.6) is 0 Å². The molecule has 1 aliphatic heterocycles. The molecule has 1 aliphatic rings. The second-order valence-corrected chi connectivity index (χ2v) is 5.69. The molecule has 96 valence electrons. The molecule has 3 heterocycles. The topological polar surface area (TPSA) is 83.7 Å². The van der Waals surface area contributed by atoms with Gasteiger partial charge in [-0.1, -0.05) is 13.8 Å². The summed E-state index contributed by atoms with van der Waals surface area (Å²) >= 11 is 0. The van der Waals surface area contributed by atoms with Crippen LogP contribution in [0.3, 0.4) is 0 Å². The molecule has 0 aliphatic carbocycles. The summed E-state index contributed by atoms with van der Waals surface area (Å²) in [6, 6.07) is 0. The van der Waals surface area contributed by atoms with Crippen molar-refractivity contribution in [2.45, 2.75) is 26.7 Å². The van der Waals surface area contributed by atoms with E-state index in [1.807, 2.05) is 0 Å². The molecule has 1 saturated heterocycles. The molecule has 0 atom stereocenters. The van der Waals surface area contributed by atoms with Gasteiger partial charge < -0.3 is 10.6 Å². The summed E-state index contributed by atoms with van der Waals surface area (Å²) < 4.78 is 0. The standard InChI is InChI=1S/C12H18N6/c1-12(2)3-5-18(6-4-12)10-8-7-14-17-9(8)15-11(13)16-10/h7H,3-6H2,1-2H3,(H3,13,14,15,16,17). The molecule has 0 radical (unpaired) electrons. The van der Waals surface area contributed by atoms with Crippen LogP contribution in [0.4, 0.5) is 11.8 Å². The SMILES string of the molecule is CC1(C)CCN(c2nc(N)nc3[nH]ncc23)CC1. The van der Waals surface area contributed by atoms with Crippen molar-refractivity contribution in [2.24, 2.45) is 5.41 Å². The van der Waals surface area contributed by atoms with E-state index in [1.54, 1.807) is 6.20 Å². The van der Waals surface area contributed by atoms with E-state index < -0.39 is 0 Å². The van der Waals surface area contributed by atoms with E-state index in [4.69, 9.17) is 5.73 Å². The van der Waals surface area contributed by atoms with Crippen LogP contribution >= 0.6 is 0 Å². The number of nitrogen functional groups attached to an aromatic ring is 1. The molecule has 0 amide bonds. The largest absolute Gasteiger partial charge is 0.368 e. The number of fused-ring (bicyclic) bond motifs is 1. The molecule has 0 saturated carbocycles. The molecule has 3 N–H and O–H groups in total. The lowest BCUT2D eigenvalue weighted by Gasteiger charge is -2.37. The third-order valence-corrected chi connectivity index (χ3v) is 3.72. The monoisotopic (exact) mass is 246 g/mol. The van der Waals surface area contributed by atoms with E-state index in [9.17, 15) is 0 Å². The molecule has 2 aromatic heterocycles. The van der Waals surface area contributed by atoms with E-state index in [2.05, 4.69) is 38.9 Å². The van der Waals surface area contributed by atoms with E-state index in [-0.39, 0.29) is 0 Å². The van der Waals surface area contributed by atoms with Crippen molar-refractivity contribution in [1.82, 2.24) is 20.2 Å². The van der Waals surface area contributed by atoms with Crippen molar-refractivity contribution >= 4 is 22.8 Å². The maximum atomic E-state index is 5.75. The molecule has 0 spiro atoms. The van der Waals surface area contributed by atoms with Crippen molar-refractivity contribution in [3.05, 3.63) is 6.20 Å². The third kappa shape index (κ3) is 1.87. The van der Waals surface area contributed by atoms with Crippen molar-refractivity contribution in [2.75, 3.05) is 23.7 Å².